The summed E-state index contributed by atoms with van der Waals surface area (Å²) in [5.74, 6) is 0. The van der Waals surface area contributed by atoms with Crippen molar-refractivity contribution in [3.05, 3.63) is 48.5 Å². The Bertz CT molecular complexity index is 710. The fourth-order valence-corrected chi connectivity index (χ4v) is 16.3. The Hall–Kier alpha value is 0.274. The quantitative estimate of drug-likeness (QED) is 0.184. The van der Waals surface area contributed by atoms with Crippen LogP contribution >= 0.6 is 15.8 Å². The largest absolute Gasteiger partial charge is 0.748 e. The van der Waals surface area contributed by atoms with Gasteiger partial charge >= 0.3 is 0 Å². The van der Waals surface area contributed by atoms with E-state index >= 15 is 0 Å². The minimum Gasteiger partial charge on any atom is -0.748 e. The van der Waals surface area contributed by atoms with E-state index in [9.17, 15) is 0 Å². The predicted molar refractivity (Wildman–Crippen MR) is 165 cm³/mol. The summed E-state index contributed by atoms with van der Waals surface area (Å²) in [5, 5.41) is 3.94. The van der Waals surface area contributed by atoms with Crippen molar-refractivity contribution in [1.82, 2.24) is 0 Å². The van der Waals surface area contributed by atoms with Gasteiger partial charge in [-0.2, -0.15) is 6.07 Å². The van der Waals surface area contributed by atoms with Gasteiger partial charge in [0.25, 0.3) is 0 Å². The van der Waals surface area contributed by atoms with E-state index in [1.165, 1.54) is 77.0 Å². The maximum absolute atomic E-state index is 2.69. The zero-order chi connectivity index (χ0) is 24.4. The standard InChI is InChI=1S/C29H47P2.C5H5.Ti/c1-5-14-24(15-6-1)30(25-16-7-2-8-17-25)28-22-13-23-29(28)31(26-18-9-3-10-19-26)27-20-11-4-12-21-27;1-2-4-5-3-1;/h13,22-27H,1-12,14-21H2;1-5H;/q-1;-5;. The van der Waals surface area contributed by atoms with Crippen LogP contribution in [0.5, 0.6) is 0 Å². The van der Waals surface area contributed by atoms with E-state index in [0.29, 0.717) is 0 Å². The Kier molecular flexibility index (Phi) is 13.5. The van der Waals surface area contributed by atoms with Crippen LogP contribution in [0.15, 0.2) is 48.5 Å². The second-order valence-electron chi connectivity index (χ2n) is 12.2. The summed E-state index contributed by atoms with van der Waals surface area (Å²) in [6, 6.07) is 17.9. The fourth-order valence-electron chi connectivity index (χ4n) is 7.98. The average Bonchev–Trinajstić information content (AvgIpc) is 3.68. The first kappa shape index (κ1) is 30.2. The Morgan fingerprint density at radius 3 is 1.24 bits per heavy atom. The van der Waals surface area contributed by atoms with Crippen molar-refractivity contribution in [2.75, 3.05) is 0 Å². The molecular formula is C34H52P2Ti-6. The molecule has 0 unspecified atom stereocenters. The van der Waals surface area contributed by atoms with Gasteiger partial charge in [0.15, 0.2) is 0 Å². The molecule has 2 aromatic rings. The molecule has 0 radical (unpaired) electrons. The van der Waals surface area contributed by atoms with Crippen molar-refractivity contribution in [3.8, 4) is 0 Å². The molecule has 4 fully saturated rings. The van der Waals surface area contributed by atoms with Crippen molar-refractivity contribution in [2.24, 2.45) is 0 Å². The molecule has 37 heavy (non-hydrogen) atoms. The molecule has 0 nitrogen and oxygen atoms in total. The molecule has 2 aromatic carbocycles. The molecule has 3 heteroatoms. The predicted octanol–water partition coefficient (Wildman–Crippen LogP) is 10.4. The molecule has 0 amide bonds. The van der Waals surface area contributed by atoms with E-state index in [0.717, 1.165) is 22.6 Å². The van der Waals surface area contributed by atoms with Gasteiger partial charge in [-0.15, -0.1) is 18.5 Å². The van der Waals surface area contributed by atoms with E-state index in [-0.39, 0.29) is 37.6 Å². The topological polar surface area (TPSA) is 0 Å². The molecule has 0 bridgehead atoms. The maximum Gasteiger partial charge on any atom is 0 e. The van der Waals surface area contributed by atoms with Crippen molar-refractivity contribution >= 4 is 26.5 Å². The van der Waals surface area contributed by atoms with Crippen molar-refractivity contribution in [2.45, 2.75) is 151 Å². The Balaban J connectivity index is 0.000000479. The monoisotopic (exact) mass is 570 g/mol. The van der Waals surface area contributed by atoms with E-state index < -0.39 is 0 Å². The van der Waals surface area contributed by atoms with Gasteiger partial charge in [0.1, 0.15) is 0 Å². The van der Waals surface area contributed by atoms with Gasteiger partial charge in [-0.3, -0.25) is 0 Å². The minimum absolute atomic E-state index is 0. The van der Waals surface area contributed by atoms with Crippen LogP contribution in [0.2, 0.25) is 0 Å². The van der Waals surface area contributed by atoms with Crippen LogP contribution in [-0.2, 0) is 21.7 Å². The van der Waals surface area contributed by atoms with Gasteiger partial charge in [0.2, 0.25) is 0 Å². The second-order valence-corrected chi connectivity index (χ2v) is 17.8. The van der Waals surface area contributed by atoms with Crippen LogP contribution in [0.3, 0.4) is 0 Å². The van der Waals surface area contributed by atoms with Crippen LogP contribution in [0, 0.1) is 0 Å². The summed E-state index contributed by atoms with van der Waals surface area (Å²) >= 11 is 0. The summed E-state index contributed by atoms with van der Waals surface area (Å²) in [6.45, 7) is 0. The van der Waals surface area contributed by atoms with E-state index in [1.54, 1.807) is 51.4 Å². The third-order valence-corrected chi connectivity index (χ3v) is 17.0. The normalized spacial score (nSPS) is 23.0. The first-order chi connectivity index (χ1) is 17.9. The number of hydrogen-bond acceptors (Lipinski definition) is 0. The molecule has 0 aromatic heterocycles. The number of hydrogen-bond donors (Lipinski definition) is 0. The Labute approximate surface area is 246 Å². The van der Waals surface area contributed by atoms with E-state index in [2.05, 4.69) is 18.2 Å². The summed E-state index contributed by atoms with van der Waals surface area (Å²) in [5.41, 5.74) is 4.23. The zero-order valence-electron chi connectivity index (χ0n) is 23.5. The minimum atomic E-state index is 0. The second kappa shape index (κ2) is 16.5. The first-order valence-corrected chi connectivity index (χ1v) is 18.9. The summed E-state index contributed by atoms with van der Waals surface area (Å²) in [4.78, 5) is 0. The van der Waals surface area contributed by atoms with Crippen LogP contribution in [0.4, 0.5) is 0 Å². The van der Waals surface area contributed by atoms with Crippen LogP contribution < -0.4 is 10.6 Å². The van der Waals surface area contributed by atoms with Crippen molar-refractivity contribution in [1.29, 1.82) is 0 Å². The van der Waals surface area contributed by atoms with Gasteiger partial charge in [0.05, 0.1) is 0 Å². The van der Waals surface area contributed by atoms with Gasteiger partial charge in [-0.25, -0.2) is 12.1 Å². The molecule has 6 rings (SSSR count). The molecule has 0 heterocycles. The molecule has 0 aliphatic heterocycles. The van der Waals surface area contributed by atoms with Gasteiger partial charge < -0.3 is 30.3 Å². The molecule has 208 valence electrons. The van der Waals surface area contributed by atoms with Gasteiger partial charge in [-0.05, 0) is 74.0 Å². The van der Waals surface area contributed by atoms with Crippen LogP contribution in [0.1, 0.15) is 128 Å². The van der Waals surface area contributed by atoms with Crippen molar-refractivity contribution in [3.63, 3.8) is 0 Å². The van der Waals surface area contributed by atoms with E-state index in [1.807, 2.05) is 40.9 Å². The molecule has 0 N–H and O–H groups in total. The molecule has 0 spiro atoms. The Morgan fingerprint density at radius 2 is 0.865 bits per heavy atom. The molecule has 4 aliphatic rings. The third-order valence-electron chi connectivity index (χ3n) is 9.75. The zero-order valence-corrected chi connectivity index (χ0v) is 26.8. The summed E-state index contributed by atoms with van der Waals surface area (Å²) < 4.78 is 0. The molecular weight excluding hydrogens is 518 g/mol. The SMILES string of the molecule is [Ti].[cH-]1[cH-][cH-][cH-][cH-]1.c1cc(P(C2CCCCC2)C2CCCCC2)[c-](P(C2CCCCC2)C2CCCCC2)c1. The van der Waals surface area contributed by atoms with Gasteiger partial charge in [-0.1, -0.05) is 85.0 Å². The third kappa shape index (κ3) is 8.39. The molecule has 4 aliphatic carbocycles. The maximum atomic E-state index is 2.69. The number of rotatable bonds is 6. The van der Waals surface area contributed by atoms with Crippen LogP contribution in [0.25, 0.3) is 0 Å². The summed E-state index contributed by atoms with van der Waals surface area (Å²) in [6.07, 6.45) is 30.6. The van der Waals surface area contributed by atoms with Gasteiger partial charge in [0, 0.05) is 21.7 Å². The molecule has 4 saturated carbocycles. The van der Waals surface area contributed by atoms with Crippen LogP contribution in [-0.4, -0.2) is 22.6 Å². The van der Waals surface area contributed by atoms with E-state index in [4.69, 9.17) is 0 Å². The Morgan fingerprint density at radius 1 is 0.514 bits per heavy atom. The van der Waals surface area contributed by atoms with Crippen molar-refractivity contribution < 1.29 is 21.7 Å². The average molecular weight is 571 g/mol. The smallest absolute Gasteiger partial charge is 0 e. The summed E-state index contributed by atoms with van der Waals surface area (Å²) in [7, 11) is 0.132. The first-order valence-electron chi connectivity index (χ1n) is 15.9. The fraction of sp³-hybridized carbons (Fsp3) is 0.706. The molecule has 0 atom stereocenters. The molecule has 0 saturated heterocycles.